The molecule has 0 saturated carbocycles. The van der Waals surface area contributed by atoms with Gasteiger partial charge in [0.05, 0.1) is 5.69 Å². The molecule has 2 aromatic heterocycles. The van der Waals surface area contributed by atoms with Crippen LogP contribution in [-0.4, -0.2) is 9.97 Å². The van der Waals surface area contributed by atoms with Crippen LogP contribution in [0.3, 0.4) is 0 Å². The molecule has 0 atom stereocenters. The van der Waals surface area contributed by atoms with E-state index >= 15 is 0 Å². The highest BCUT2D eigenvalue weighted by molar-refractivity contribution is 7.13. The van der Waals surface area contributed by atoms with Crippen molar-refractivity contribution in [3.05, 3.63) is 64.6 Å². The van der Waals surface area contributed by atoms with E-state index in [0.29, 0.717) is 5.69 Å². The molecule has 0 aliphatic rings. The van der Waals surface area contributed by atoms with E-state index in [4.69, 9.17) is 5.53 Å². The number of rotatable bonds is 3. The quantitative estimate of drug-likeness (QED) is 0.392. The maximum absolute atomic E-state index is 8.47. The van der Waals surface area contributed by atoms with E-state index in [1.54, 1.807) is 29.8 Å². The molecule has 1 aromatic carbocycles. The normalized spacial score (nSPS) is 10.0. The monoisotopic (exact) mass is 279 g/mol. The lowest BCUT2D eigenvalue weighted by atomic mass is 10.2. The first-order valence-electron chi connectivity index (χ1n) is 5.88. The van der Waals surface area contributed by atoms with Gasteiger partial charge in [0.25, 0.3) is 0 Å². The molecule has 0 saturated heterocycles. The molecule has 0 spiro atoms. The maximum atomic E-state index is 8.47. The number of benzene rings is 1. The summed E-state index contributed by atoms with van der Waals surface area (Å²) in [5.41, 5.74) is 12.0. The smallest absolute Gasteiger partial charge is 0.124 e. The first kappa shape index (κ1) is 12.3. The second-order valence-corrected chi connectivity index (χ2v) is 4.87. The number of hydrogen-bond donors (Lipinski definition) is 0. The maximum Gasteiger partial charge on any atom is 0.124 e. The summed E-state index contributed by atoms with van der Waals surface area (Å²) in [6.45, 7) is 0. The van der Waals surface area contributed by atoms with Crippen LogP contribution in [0.5, 0.6) is 0 Å². The Morgan fingerprint density at radius 1 is 1.10 bits per heavy atom. The van der Waals surface area contributed by atoms with Gasteiger partial charge in [0.1, 0.15) is 5.01 Å². The highest BCUT2D eigenvalue weighted by Crippen LogP contribution is 2.30. The molecule has 3 aromatic rings. The molecule has 0 fully saturated rings. The Kier molecular flexibility index (Phi) is 3.41. The fourth-order valence-corrected chi connectivity index (χ4v) is 2.64. The molecule has 5 nitrogen and oxygen atoms in total. The molecule has 0 amide bonds. The fraction of sp³-hybridized carbons (Fsp3) is 0. The zero-order valence-electron chi connectivity index (χ0n) is 10.3. The minimum absolute atomic E-state index is 0.589. The lowest BCUT2D eigenvalue weighted by molar-refractivity contribution is 1.31. The van der Waals surface area contributed by atoms with Crippen LogP contribution in [0.1, 0.15) is 0 Å². The van der Waals surface area contributed by atoms with Crippen molar-refractivity contribution in [3.8, 4) is 21.8 Å². The summed E-state index contributed by atoms with van der Waals surface area (Å²) in [4.78, 5) is 11.4. The molecule has 0 aliphatic carbocycles. The van der Waals surface area contributed by atoms with Gasteiger partial charge in [-0.3, -0.25) is 4.98 Å². The first-order chi connectivity index (χ1) is 9.86. The molecule has 0 aliphatic heterocycles. The Labute approximate surface area is 119 Å². The highest BCUT2D eigenvalue weighted by Gasteiger charge is 2.06. The summed E-state index contributed by atoms with van der Waals surface area (Å²) < 4.78 is 0. The number of azide groups is 1. The Morgan fingerprint density at radius 3 is 2.75 bits per heavy atom. The van der Waals surface area contributed by atoms with Crippen molar-refractivity contribution in [1.29, 1.82) is 0 Å². The van der Waals surface area contributed by atoms with Gasteiger partial charge in [-0.15, -0.1) is 11.3 Å². The third-order valence-corrected chi connectivity index (χ3v) is 3.62. The standard InChI is InChI=1S/C14H9N5S/c15-19-18-12-3-1-2-11(8-12)14-17-13(9-20-14)10-4-6-16-7-5-10/h1-9H. The summed E-state index contributed by atoms with van der Waals surface area (Å²) in [5.74, 6) is 0. The minimum Gasteiger partial charge on any atom is -0.265 e. The van der Waals surface area contributed by atoms with E-state index in [2.05, 4.69) is 20.0 Å². The van der Waals surface area contributed by atoms with Crippen molar-refractivity contribution in [2.75, 3.05) is 0 Å². The molecular weight excluding hydrogens is 270 g/mol. The van der Waals surface area contributed by atoms with Gasteiger partial charge in [-0.1, -0.05) is 23.3 Å². The van der Waals surface area contributed by atoms with Crippen LogP contribution in [-0.2, 0) is 0 Å². The lowest BCUT2D eigenvalue weighted by Gasteiger charge is -1.98. The average Bonchev–Trinajstić information content (AvgIpc) is 2.99. The van der Waals surface area contributed by atoms with Crippen LogP contribution in [0.25, 0.3) is 32.3 Å². The third kappa shape index (κ3) is 2.51. The zero-order chi connectivity index (χ0) is 13.8. The van der Waals surface area contributed by atoms with E-state index in [9.17, 15) is 0 Å². The van der Waals surface area contributed by atoms with Crippen LogP contribution in [0.2, 0.25) is 0 Å². The fourth-order valence-electron chi connectivity index (χ4n) is 1.81. The molecular formula is C14H9N5S. The summed E-state index contributed by atoms with van der Waals surface area (Å²) in [6.07, 6.45) is 3.49. The second-order valence-electron chi connectivity index (χ2n) is 4.01. The minimum atomic E-state index is 0.589. The molecule has 6 heteroatoms. The van der Waals surface area contributed by atoms with Crippen LogP contribution < -0.4 is 0 Å². The summed E-state index contributed by atoms with van der Waals surface area (Å²) in [6, 6.07) is 11.2. The Morgan fingerprint density at radius 2 is 1.95 bits per heavy atom. The molecule has 0 unspecified atom stereocenters. The van der Waals surface area contributed by atoms with E-state index in [0.717, 1.165) is 21.8 Å². The number of nitrogens with zero attached hydrogens (tertiary/aromatic N) is 5. The summed E-state index contributed by atoms with van der Waals surface area (Å²) in [5, 5.41) is 6.51. The largest absolute Gasteiger partial charge is 0.265 e. The van der Waals surface area contributed by atoms with E-state index in [1.165, 1.54) is 0 Å². The molecule has 96 valence electrons. The van der Waals surface area contributed by atoms with Crippen LogP contribution in [0.15, 0.2) is 59.3 Å². The average molecular weight is 279 g/mol. The lowest BCUT2D eigenvalue weighted by Crippen LogP contribution is -1.80. The summed E-state index contributed by atoms with van der Waals surface area (Å²) in [7, 11) is 0. The number of pyridine rings is 1. The summed E-state index contributed by atoms with van der Waals surface area (Å²) >= 11 is 1.56. The van der Waals surface area contributed by atoms with Crippen LogP contribution in [0.4, 0.5) is 5.69 Å². The Balaban J connectivity index is 1.98. The number of aromatic nitrogens is 2. The predicted molar refractivity (Wildman–Crippen MR) is 79.6 cm³/mol. The van der Waals surface area contributed by atoms with Crippen molar-refractivity contribution >= 4 is 17.0 Å². The molecule has 3 rings (SSSR count). The predicted octanol–water partition coefficient (Wildman–Crippen LogP) is 4.81. The molecule has 2 heterocycles. The van der Waals surface area contributed by atoms with Gasteiger partial charge >= 0.3 is 0 Å². The van der Waals surface area contributed by atoms with E-state index in [-0.39, 0.29) is 0 Å². The van der Waals surface area contributed by atoms with Crippen molar-refractivity contribution < 1.29 is 0 Å². The SMILES string of the molecule is [N-]=[N+]=Nc1cccc(-c2nc(-c3ccncc3)cs2)c1. The second kappa shape index (κ2) is 5.52. The van der Waals surface area contributed by atoms with Gasteiger partial charge in [0.2, 0.25) is 0 Å². The Hall–Kier alpha value is -2.69. The Bertz CT molecular complexity index is 775. The van der Waals surface area contributed by atoms with Gasteiger partial charge in [-0.25, -0.2) is 4.98 Å². The van der Waals surface area contributed by atoms with Gasteiger partial charge < -0.3 is 0 Å². The van der Waals surface area contributed by atoms with Crippen molar-refractivity contribution in [2.45, 2.75) is 0 Å². The van der Waals surface area contributed by atoms with Crippen LogP contribution >= 0.6 is 11.3 Å². The first-order valence-corrected chi connectivity index (χ1v) is 6.76. The highest BCUT2D eigenvalue weighted by atomic mass is 32.1. The number of hydrogen-bond acceptors (Lipinski definition) is 4. The zero-order valence-corrected chi connectivity index (χ0v) is 11.2. The van der Waals surface area contributed by atoms with Gasteiger partial charge in [-0.2, -0.15) is 0 Å². The van der Waals surface area contributed by atoms with Crippen molar-refractivity contribution in [3.63, 3.8) is 0 Å². The molecule has 20 heavy (non-hydrogen) atoms. The van der Waals surface area contributed by atoms with E-state index < -0.39 is 0 Å². The number of thiazole rings is 1. The topological polar surface area (TPSA) is 74.5 Å². The van der Waals surface area contributed by atoms with Gasteiger partial charge in [0, 0.05) is 39.5 Å². The third-order valence-electron chi connectivity index (χ3n) is 2.73. The van der Waals surface area contributed by atoms with Crippen LogP contribution in [0, 0.1) is 0 Å². The van der Waals surface area contributed by atoms with Crippen molar-refractivity contribution in [2.24, 2.45) is 5.11 Å². The molecule has 0 N–H and O–H groups in total. The van der Waals surface area contributed by atoms with Gasteiger partial charge in [-0.05, 0) is 23.7 Å². The van der Waals surface area contributed by atoms with Crippen molar-refractivity contribution in [1.82, 2.24) is 9.97 Å². The molecule has 0 bridgehead atoms. The van der Waals surface area contributed by atoms with E-state index in [1.807, 2.05) is 35.7 Å². The molecule has 0 radical (unpaired) electrons. The van der Waals surface area contributed by atoms with Gasteiger partial charge in [0.15, 0.2) is 0 Å².